The van der Waals surface area contributed by atoms with Gasteiger partial charge in [0.25, 0.3) is 5.09 Å². The molecule has 1 fully saturated rings. The predicted molar refractivity (Wildman–Crippen MR) is 36.7 cm³/mol. The smallest absolute Gasteiger partial charge is 0.303 e. The van der Waals surface area contributed by atoms with Gasteiger partial charge in [-0.15, -0.1) is 10.1 Å². The molecule has 0 aromatic heterocycles. The molecule has 0 atom stereocenters. The van der Waals surface area contributed by atoms with Gasteiger partial charge in [0.1, 0.15) is 12.2 Å². The first-order valence-corrected chi connectivity index (χ1v) is 3.51. The third-order valence-electron chi connectivity index (χ3n) is 1.60. The highest BCUT2D eigenvalue weighted by atomic mass is 17.0. The quantitative estimate of drug-likeness (QED) is 0.348. The van der Waals surface area contributed by atoms with Gasteiger partial charge < -0.3 is 9.57 Å². The van der Waals surface area contributed by atoms with Gasteiger partial charge in [0.05, 0.1) is 0 Å². The van der Waals surface area contributed by atoms with E-state index in [1.165, 1.54) is 6.92 Å². The summed E-state index contributed by atoms with van der Waals surface area (Å²) in [5.74, 6) is -0.431. The molecule has 0 N–H and O–H groups in total. The summed E-state index contributed by atoms with van der Waals surface area (Å²) >= 11 is 0. The number of ether oxygens (including phenoxy) is 1. The monoisotopic (exact) mass is 175 g/mol. The van der Waals surface area contributed by atoms with Crippen molar-refractivity contribution in [1.29, 1.82) is 0 Å². The topological polar surface area (TPSA) is 78.7 Å². The lowest BCUT2D eigenvalue weighted by atomic mass is 10.4. The molecular formula is C6H9NO5. The lowest BCUT2D eigenvalue weighted by molar-refractivity contribution is -0.759. The Morgan fingerprint density at radius 2 is 2.25 bits per heavy atom. The Labute approximate surface area is 68.6 Å². The summed E-state index contributed by atoms with van der Waals surface area (Å²) in [5.41, 5.74) is -0.709. The highest BCUT2D eigenvalue weighted by Gasteiger charge is 2.47. The van der Waals surface area contributed by atoms with Gasteiger partial charge in [-0.1, -0.05) is 0 Å². The first kappa shape index (κ1) is 8.76. The third kappa shape index (κ3) is 2.37. The maximum absolute atomic E-state index is 10.5. The first-order valence-electron chi connectivity index (χ1n) is 3.51. The summed E-state index contributed by atoms with van der Waals surface area (Å²) < 4.78 is 4.83. The lowest BCUT2D eigenvalue weighted by Crippen LogP contribution is -2.25. The molecule has 0 saturated heterocycles. The van der Waals surface area contributed by atoms with Crippen molar-refractivity contribution in [3.63, 3.8) is 0 Å². The van der Waals surface area contributed by atoms with E-state index >= 15 is 0 Å². The Balaban J connectivity index is 2.30. The minimum absolute atomic E-state index is 0.153. The summed E-state index contributed by atoms with van der Waals surface area (Å²) in [5, 5.41) is 8.92. The second-order valence-electron chi connectivity index (χ2n) is 2.77. The molecule has 0 radical (unpaired) electrons. The van der Waals surface area contributed by atoms with E-state index in [-0.39, 0.29) is 6.61 Å². The molecule has 1 saturated carbocycles. The molecule has 0 aromatic rings. The Morgan fingerprint density at radius 3 is 2.58 bits per heavy atom. The summed E-state index contributed by atoms with van der Waals surface area (Å²) in [6, 6.07) is 0. The number of esters is 1. The van der Waals surface area contributed by atoms with Crippen molar-refractivity contribution < 1.29 is 19.5 Å². The van der Waals surface area contributed by atoms with Crippen LogP contribution < -0.4 is 0 Å². The SMILES string of the molecule is CC(=O)OC1(CO[N+](=O)[O-])CC1. The number of hydrogen-bond acceptors (Lipinski definition) is 5. The second kappa shape index (κ2) is 2.96. The third-order valence-corrected chi connectivity index (χ3v) is 1.60. The van der Waals surface area contributed by atoms with Crippen LogP contribution in [0.5, 0.6) is 0 Å². The van der Waals surface area contributed by atoms with Gasteiger partial charge in [0.2, 0.25) is 0 Å². The maximum Gasteiger partial charge on any atom is 0.303 e. The van der Waals surface area contributed by atoms with Crippen LogP contribution in [0.4, 0.5) is 0 Å². The van der Waals surface area contributed by atoms with Gasteiger partial charge >= 0.3 is 5.97 Å². The van der Waals surface area contributed by atoms with Crippen molar-refractivity contribution in [1.82, 2.24) is 0 Å². The average molecular weight is 175 g/mol. The van der Waals surface area contributed by atoms with Crippen molar-refractivity contribution in [2.24, 2.45) is 0 Å². The fourth-order valence-corrected chi connectivity index (χ4v) is 0.891. The Kier molecular flexibility index (Phi) is 2.16. The van der Waals surface area contributed by atoms with Crippen LogP contribution in [0.2, 0.25) is 0 Å². The molecule has 6 heteroatoms. The molecule has 0 aromatic carbocycles. The van der Waals surface area contributed by atoms with Gasteiger partial charge in [0.15, 0.2) is 0 Å². The molecule has 1 aliphatic carbocycles. The fraction of sp³-hybridized carbons (Fsp3) is 0.833. The van der Waals surface area contributed by atoms with E-state index in [0.717, 1.165) is 0 Å². The van der Waals surface area contributed by atoms with Crippen molar-refractivity contribution in [2.45, 2.75) is 25.4 Å². The van der Waals surface area contributed by atoms with Crippen molar-refractivity contribution >= 4 is 5.97 Å². The molecule has 1 aliphatic rings. The zero-order valence-corrected chi connectivity index (χ0v) is 6.61. The summed E-state index contributed by atoms with van der Waals surface area (Å²) in [4.78, 5) is 24.4. The molecule has 0 unspecified atom stereocenters. The van der Waals surface area contributed by atoms with Crippen molar-refractivity contribution in [3.05, 3.63) is 10.1 Å². The van der Waals surface area contributed by atoms with E-state index in [2.05, 4.69) is 4.84 Å². The van der Waals surface area contributed by atoms with Crippen LogP contribution in [-0.4, -0.2) is 23.3 Å². The van der Waals surface area contributed by atoms with Crippen molar-refractivity contribution in [3.8, 4) is 0 Å². The number of carbonyl (C=O) groups excluding carboxylic acids is 1. The van der Waals surface area contributed by atoms with Gasteiger partial charge in [-0.3, -0.25) is 4.79 Å². The van der Waals surface area contributed by atoms with Crippen LogP contribution in [0, 0.1) is 10.1 Å². The Hall–Kier alpha value is -1.33. The van der Waals surface area contributed by atoms with E-state index in [1.54, 1.807) is 0 Å². The summed E-state index contributed by atoms with van der Waals surface area (Å²) in [7, 11) is 0. The molecule has 0 aliphatic heterocycles. The summed E-state index contributed by atoms with van der Waals surface area (Å²) in [6.07, 6.45) is 1.28. The first-order chi connectivity index (χ1) is 5.54. The lowest BCUT2D eigenvalue weighted by Gasteiger charge is -2.12. The van der Waals surface area contributed by atoms with Crippen LogP contribution in [0.3, 0.4) is 0 Å². The number of carbonyl (C=O) groups is 1. The minimum atomic E-state index is -0.885. The number of rotatable bonds is 4. The van der Waals surface area contributed by atoms with E-state index in [0.29, 0.717) is 12.8 Å². The van der Waals surface area contributed by atoms with Crippen molar-refractivity contribution in [2.75, 3.05) is 6.61 Å². The molecule has 0 heterocycles. The molecule has 0 amide bonds. The number of nitrogens with zero attached hydrogens (tertiary/aromatic N) is 1. The van der Waals surface area contributed by atoms with Crippen LogP contribution in [0.25, 0.3) is 0 Å². The second-order valence-corrected chi connectivity index (χ2v) is 2.77. The van der Waals surface area contributed by atoms with Gasteiger partial charge in [-0.2, -0.15) is 0 Å². The van der Waals surface area contributed by atoms with E-state index in [4.69, 9.17) is 4.74 Å². The molecule has 0 bridgehead atoms. The van der Waals surface area contributed by atoms with Crippen LogP contribution >= 0.6 is 0 Å². The van der Waals surface area contributed by atoms with E-state index in [1.807, 2.05) is 0 Å². The standard InChI is InChI=1S/C6H9NO5/c1-5(8)12-6(2-3-6)4-11-7(9)10/h2-4H2,1H3. The predicted octanol–water partition coefficient (Wildman–Crippen LogP) is 0.290. The highest BCUT2D eigenvalue weighted by molar-refractivity contribution is 5.67. The van der Waals surface area contributed by atoms with E-state index < -0.39 is 16.7 Å². The fourth-order valence-electron chi connectivity index (χ4n) is 0.891. The average Bonchev–Trinajstić information content (AvgIpc) is 2.64. The normalized spacial score (nSPS) is 18.1. The van der Waals surface area contributed by atoms with E-state index in [9.17, 15) is 14.9 Å². The molecule has 6 nitrogen and oxygen atoms in total. The zero-order valence-electron chi connectivity index (χ0n) is 6.61. The van der Waals surface area contributed by atoms with Gasteiger partial charge in [-0.25, -0.2) is 0 Å². The molecule has 12 heavy (non-hydrogen) atoms. The number of hydrogen-bond donors (Lipinski definition) is 0. The van der Waals surface area contributed by atoms with Crippen LogP contribution in [0.15, 0.2) is 0 Å². The highest BCUT2D eigenvalue weighted by Crippen LogP contribution is 2.39. The largest absolute Gasteiger partial charge is 0.457 e. The van der Waals surface area contributed by atoms with Crippen LogP contribution in [0.1, 0.15) is 19.8 Å². The zero-order chi connectivity index (χ0) is 9.19. The summed E-state index contributed by atoms with van der Waals surface area (Å²) in [6.45, 7) is 1.12. The Bertz CT molecular complexity index is 210. The van der Waals surface area contributed by atoms with Gasteiger partial charge in [-0.05, 0) is 12.8 Å². The molecular weight excluding hydrogens is 166 g/mol. The molecule has 0 spiro atoms. The molecule has 1 rings (SSSR count). The molecule has 68 valence electrons. The maximum atomic E-state index is 10.5. The van der Waals surface area contributed by atoms with Crippen LogP contribution in [-0.2, 0) is 14.4 Å². The van der Waals surface area contributed by atoms with Gasteiger partial charge in [0, 0.05) is 6.92 Å². The Morgan fingerprint density at radius 1 is 1.67 bits per heavy atom. The minimum Gasteiger partial charge on any atom is -0.457 e.